The van der Waals surface area contributed by atoms with Gasteiger partial charge in [-0.2, -0.15) is 0 Å². The van der Waals surface area contributed by atoms with Crippen molar-refractivity contribution in [3.63, 3.8) is 0 Å². The van der Waals surface area contributed by atoms with Gasteiger partial charge in [0.25, 0.3) is 5.91 Å². The normalized spacial score (nSPS) is 13.6. The molecule has 7 heteroatoms. The molecule has 0 aliphatic heterocycles. The number of rotatable bonds is 6. The topological polar surface area (TPSA) is 95.1 Å². The third-order valence-corrected chi connectivity index (χ3v) is 4.52. The molecule has 7 nitrogen and oxygen atoms in total. The lowest BCUT2D eigenvalue weighted by Gasteiger charge is -2.33. The summed E-state index contributed by atoms with van der Waals surface area (Å²) in [7, 11) is 1.61. The van der Waals surface area contributed by atoms with Crippen LogP contribution >= 0.6 is 0 Å². The lowest BCUT2D eigenvalue weighted by Crippen LogP contribution is -2.55. The van der Waals surface area contributed by atoms with E-state index in [1.807, 2.05) is 52.0 Å². The van der Waals surface area contributed by atoms with Gasteiger partial charge in [0.15, 0.2) is 5.69 Å². The molecule has 1 aromatic heterocycles. The van der Waals surface area contributed by atoms with Crippen molar-refractivity contribution in [1.29, 1.82) is 0 Å². The van der Waals surface area contributed by atoms with Crippen molar-refractivity contribution in [3.05, 3.63) is 35.7 Å². The average Bonchev–Trinajstić information content (AvgIpc) is 2.96. The predicted molar refractivity (Wildman–Crippen MR) is 92.4 cm³/mol. The van der Waals surface area contributed by atoms with Gasteiger partial charge in [-0.15, -0.1) is 5.10 Å². The zero-order valence-corrected chi connectivity index (χ0v) is 14.8. The predicted octanol–water partition coefficient (Wildman–Crippen LogP) is 1.69. The van der Waals surface area contributed by atoms with Gasteiger partial charge in [-0.3, -0.25) is 4.79 Å². The molecule has 1 unspecified atom stereocenters. The Morgan fingerprint density at radius 3 is 2.50 bits per heavy atom. The van der Waals surface area contributed by atoms with Gasteiger partial charge in [0, 0.05) is 6.54 Å². The van der Waals surface area contributed by atoms with Gasteiger partial charge in [0.2, 0.25) is 0 Å². The molecular weight excluding hydrogens is 306 g/mol. The third kappa shape index (κ3) is 3.41. The van der Waals surface area contributed by atoms with E-state index in [4.69, 9.17) is 10.5 Å². The van der Waals surface area contributed by atoms with Gasteiger partial charge in [0.1, 0.15) is 5.75 Å². The minimum Gasteiger partial charge on any atom is -0.497 e. The summed E-state index contributed by atoms with van der Waals surface area (Å²) in [6.45, 7) is 8.14. The van der Waals surface area contributed by atoms with Crippen LogP contribution in [0.25, 0.3) is 5.69 Å². The number of aromatic nitrogens is 3. The monoisotopic (exact) mass is 331 g/mol. The fourth-order valence-corrected chi connectivity index (χ4v) is 2.26. The second kappa shape index (κ2) is 7.00. The lowest BCUT2D eigenvalue weighted by molar-refractivity contribution is 0.0877. The molecule has 0 aliphatic rings. The van der Waals surface area contributed by atoms with Crippen molar-refractivity contribution < 1.29 is 9.53 Å². The SMILES string of the molecule is COc1ccc(-n2nnc(C(=O)NC(C)(CN)C(C)C)c2C)cc1. The first-order valence-corrected chi connectivity index (χ1v) is 7.91. The van der Waals surface area contributed by atoms with Crippen molar-refractivity contribution in [2.75, 3.05) is 13.7 Å². The molecule has 1 atom stereocenters. The summed E-state index contributed by atoms with van der Waals surface area (Å²) in [4.78, 5) is 12.6. The minimum atomic E-state index is -0.493. The number of nitrogens with zero attached hydrogens (tertiary/aromatic N) is 3. The number of ether oxygens (including phenoxy) is 1. The molecule has 2 rings (SSSR count). The highest BCUT2D eigenvalue weighted by atomic mass is 16.5. The van der Waals surface area contributed by atoms with Crippen LogP contribution in [0.4, 0.5) is 0 Å². The highest BCUT2D eigenvalue weighted by molar-refractivity contribution is 5.93. The summed E-state index contributed by atoms with van der Waals surface area (Å²) in [5, 5.41) is 11.1. The van der Waals surface area contributed by atoms with E-state index < -0.39 is 5.54 Å². The Hall–Kier alpha value is -2.41. The number of nitrogens with two attached hydrogens (primary N) is 1. The Morgan fingerprint density at radius 2 is 2.00 bits per heavy atom. The van der Waals surface area contributed by atoms with Gasteiger partial charge in [-0.1, -0.05) is 19.1 Å². The van der Waals surface area contributed by atoms with Crippen LogP contribution in [-0.4, -0.2) is 40.1 Å². The Labute approximate surface area is 142 Å². The quantitative estimate of drug-likeness (QED) is 0.840. The maximum Gasteiger partial charge on any atom is 0.274 e. The molecule has 1 aromatic carbocycles. The van der Waals surface area contributed by atoms with Gasteiger partial charge >= 0.3 is 0 Å². The van der Waals surface area contributed by atoms with E-state index in [9.17, 15) is 4.79 Å². The molecule has 0 aliphatic carbocycles. The molecule has 0 saturated carbocycles. The molecule has 0 radical (unpaired) electrons. The summed E-state index contributed by atoms with van der Waals surface area (Å²) < 4.78 is 6.78. The van der Waals surface area contributed by atoms with Crippen LogP contribution in [0.2, 0.25) is 0 Å². The van der Waals surface area contributed by atoms with Gasteiger partial charge < -0.3 is 15.8 Å². The molecule has 24 heavy (non-hydrogen) atoms. The van der Waals surface area contributed by atoms with E-state index in [0.29, 0.717) is 17.9 Å². The number of hydrogen-bond acceptors (Lipinski definition) is 5. The molecule has 1 amide bonds. The average molecular weight is 331 g/mol. The van der Waals surface area contributed by atoms with Crippen LogP contribution in [0.3, 0.4) is 0 Å². The number of amides is 1. The highest BCUT2D eigenvalue weighted by Crippen LogP contribution is 2.19. The first kappa shape index (κ1) is 17.9. The van der Waals surface area contributed by atoms with E-state index in [-0.39, 0.29) is 11.8 Å². The Bertz CT molecular complexity index is 708. The molecular formula is C17H25N5O2. The Kier molecular flexibility index (Phi) is 5.23. The van der Waals surface area contributed by atoms with E-state index >= 15 is 0 Å². The standard InChI is InChI=1S/C17H25N5O2/c1-11(2)17(4,10-18)19-16(23)15-12(3)22(21-20-15)13-6-8-14(24-5)9-7-13/h6-9,11H,10,18H2,1-5H3,(H,19,23). The molecule has 1 heterocycles. The fourth-order valence-electron chi connectivity index (χ4n) is 2.26. The molecule has 2 aromatic rings. The minimum absolute atomic E-state index is 0.198. The highest BCUT2D eigenvalue weighted by Gasteiger charge is 2.30. The molecule has 0 bridgehead atoms. The zero-order valence-electron chi connectivity index (χ0n) is 14.8. The van der Waals surface area contributed by atoms with Crippen LogP contribution in [-0.2, 0) is 0 Å². The van der Waals surface area contributed by atoms with Gasteiger partial charge in [-0.05, 0) is 44.0 Å². The summed E-state index contributed by atoms with van der Waals surface area (Å²) in [6, 6.07) is 7.39. The van der Waals surface area contributed by atoms with Crippen molar-refractivity contribution in [2.24, 2.45) is 11.7 Å². The molecule has 0 saturated heterocycles. The Morgan fingerprint density at radius 1 is 1.38 bits per heavy atom. The van der Waals surface area contributed by atoms with Crippen molar-refractivity contribution in [1.82, 2.24) is 20.3 Å². The summed E-state index contributed by atoms with van der Waals surface area (Å²) in [6.07, 6.45) is 0. The summed E-state index contributed by atoms with van der Waals surface area (Å²) >= 11 is 0. The summed E-state index contributed by atoms with van der Waals surface area (Å²) in [5.74, 6) is 0.683. The smallest absolute Gasteiger partial charge is 0.274 e. The lowest BCUT2D eigenvalue weighted by atomic mass is 9.88. The second-order valence-electron chi connectivity index (χ2n) is 6.36. The molecule has 0 fully saturated rings. The van der Waals surface area contributed by atoms with Crippen molar-refractivity contribution in [3.8, 4) is 11.4 Å². The second-order valence-corrected chi connectivity index (χ2v) is 6.36. The molecule has 3 N–H and O–H groups in total. The van der Waals surface area contributed by atoms with E-state index in [2.05, 4.69) is 15.6 Å². The van der Waals surface area contributed by atoms with Crippen molar-refractivity contribution >= 4 is 5.91 Å². The first-order valence-electron chi connectivity index (χ1n) is 7.91. The maximum atomic E-state index is 12.6. The van der Waals surface area contributed by atoms with Gasteiger partial charge in [-0.25, -0.2) is 4.68 Å². The van der Waals surface area contributed by atoms with E-state index in [0.717, 1.165) is 11.4 Å². The van der Waals surface area contributed by atoms with E-state index in [1.54, 1.807) is 11.8 Å². The number of nitrogens with one attached hydrogen (secondary N) is 1. The summed E-state index contributed by atoms with van der Waals surface area (Å²) in [5.41, 5.74) is 7.11. The van der Waals surface area contributed by atoms with Crippen LogP contribution < -0.4 is 15.8 Å². The van der Waals surface area contributed by atoms with E-state index in [1.165, 1.54) is 0 Å². The number of methoxy groups -OCH3 is 1. The zero-order chi connectivity index (χ0) is 17.9. The molecule has 0 spiro atoms. The number of hydrogen-bond donors (Lipinski definition) is 2. The largest absolute Gasteiger partial charge is 0.497 e. The maximum absolute atomic E-state index is 12.6. The number of benzene rings is 1. The third-order valence-electron chi connectivity index (χ3n) is 4.52. The number of carbonyl (C=O) groups excluding carboxylic acids is 1. The first-order chi connectivity index (χ1) is 11.3. The van der Waals surface area contributed by atoms with Crippen LogP contribution in [0, 0.1) is 12.8 Å². The van der Waals surface area contributed by atoms with Gasteiger partial charge in [0.05, 0.1) is 24.0 Å². The Balaban J connectivity index is 2.27. The fraction of sp³-hybridized carbons (Fsp3) is 0.471. The van der Waals surface area contributed by atoms with Crippen LogP contribution in [0.5, 0.6) is 5.75 Å². The number of carbonyl (C=O) groups is 1. The molecule has 130 valence electrons. The van der Waals surface area contributed by atoms with Crippen LogP contribution in [0.15, 0.2) is 24.3 Å². The van der Waals surface area contributed by atoms with Crippen LogP contribution in [0.1, 0.15) is 37.0 Å². The van der Waals surface area contributed by atoms with Crippen molar-refractivity contribution in [2.45, 2.75) is 33.2 Å².